The smallest absolute Gasteiger partial charge is 0.228 e. The fraction of sp³-hybridized carbons (Fsp3) is 0.240. The topological polar surface area (TPSA) is 94.4 Å². The summed E-state index contributed by atoms with van der Waals surface area (Å²) in [5.41, 5.74) is 1.97. The lowest BCUT2D eigenvalue weighted by Crippen LogP contribution is -2.43. The average molecular weight is 527 g/mol. The number of nitrogens with zero attached hydrogens (tertiary/aromatic N) is 4. The maximum Gasteiger partial charge on any atom is 0.228 e. The first-order chi connectivity index (χ1) is 17.3. The van der Waals surface area contributed by atoms with Gasteiger partial charge in [0, 0.05) is 18.7 Å². The molecule has 5 rings (SSSR count). The van der Waals surface area contributed by atoms with Gasteiger partial charge in [-0.3, -0.25) is 9.36 Å². The Morgan fingerprint density at radius 2 is 1.92 bits per heavy atom. The van der Waals surface area contributed by atoms with E-state index >= 15 is 0 Å². The normalized spacial score (nSPS) is 13.6. The van der Waals surface area contributed by atoms with Crippen LogP contribution in [0.25, 0.3) is 16.4 Å². The van der Waals surface area contributed by atoms with E-state index in [0.717, 1.165) is 10.4 Å². The number of amides is 1. The minimum absolute atomic E-state index is 0.0250. The van der Waals surface area contributed by atoms with E-state index in [4.69, 9.17) is 4.74 Å². The van der Waals surface area contributed by atoms with Crippen molar-refractivity contribution in [3.8, 4) is 22.1 Å². The molecule has 1 amide bonds. The van der Waals surface area contributed by atoms with Gasteiger partial charge in [-0.05, 0) is 53.8 Å². The second-order valence-corrected chi connectivity index (χ2v) is 11.5. The van der Waals surface area contributed by atoms with Gasteiger partial charge in [-0.1, -0.05) is 18.2 Å². The molecule has 1 aliphatic rings. The van der Waals surface area contributed by atoms with Crippen molar-refractivity contribution in [2.24, 2.45) is 0 Å². The third-order valence-corrected chi connectivity index (χ3v) is 8.39. The predicted molar refractivity (Wildman–Crippen MR) is 136 cm³/mol. The largest absolute Gasteiger partial charge is 0.495 e. The second-order valence-electron chi connectivity index (χ2n) is 8.37. The summed E-state index contributed by atoms with van der Waals surface area (Å²) >= 11 is 1.46. The van der Waals surface area contributed by atoms with Crippen LogP contribution in [-0.2, 0) is 26.8 Å². The SMILES string of the molecule is COc1ccc(N2CCC2=O)cc1-n1c(CS(=O)(=O)CCc2ccc(F)cc2)nnc1-c1cccs1. The van der Waals surface area contributed by atoms with Crippen LogP contribution in [0.4, 0.5) is 10.1 Å². The van der Waals surface area contributed by atoms with Crippen molar-refractivity contribution < 1.29 is 22.3 Å². The second kappa shape index (κ2) is 9.82. The molecule has 0 spiro atoms. The number of benzene rings is 2. The number of sulfone groups is 1. The van der Waals surface area contributed by atoms with E-state index in [-0.39, 0.29) is 35.5 Å². The van der Waals surface area contributed by atoms with Gasteiger partial charge in [0.15, 0.2) is 21.5 Å². The molecule has 3 heterocycles. The zero-order chi connectivity index (χ0) is 25.3. The zero-order valence-electron chi connectivity index (χ0n) is 19.4. The lowest BCUT2D eigenvalue weighted by molar-refractivity contribution is -0.122. The Balaban J connectivity index is 1.53. The van der Waals surface area contributed by atoms with Gasteiger partial charge in [0.1, 0.15) is 17.3 Å². The Bertz CT molecular complexity index is 1500. The molecule has 0 radical (unpaired) electrons. The number of methoxy groups -OCH3 is 1. The Labute approximate surface area is 211 Å². The molecule has 36 heavy (non-hydrogen) atoms. The first-order valence-electron chi connectivity index (χ1n) is 11.3. The van der Waals surface area contributed by atoms with Crippen molar-refractivity contribution in [1.82, 2.24) is 14.8 Å². The van der Waals surface area contributed by atoms with Crippen molar-refractivity contribution in [2.45, 2.75) is 18.6 Å². The average Bonchev–Trinajstić information content (AvgIpc) is 3.52. The van der Waals surface area contributed by atoms with E-state index in [2.05, 4.69) is 10.2 Å². The van der Waals surface area contributed by atoms with Crippen LogP contribution in [0.3, 0.4) is 0 Å². The van der Waals surface area contributed by atoms with Gasteiger partial charge in [0.05, 0.1) is 23.4 Å². The number of ether oxygens (including phenoxy) is 1. The molecule has 0 N–H and O–H groups in total. The van der Waals surface area contributed by atoms with Crippen molar-refractivity contribution in [3.05, 3.63) is 77.2 Å². The Kier molecular flexibility index (Phi) is 6.59. The standard InChI is InChI=1S/C25H23FN4O4S2/c1-34-21-9-8-19(29-12-10-24(29)31)15-20(21)30-23(27-28-25(30)22-3-2-13-35-22)16-36(32,33)14-11-17-4-6-18(26)7-5-17/h2-9,13,15H,10-12,14,16H2,1H3. The van der Waals surface area contributed by atoms with Crippen molar-refractivity contribution in [3.63, 3.8) is 0 Å². The Morgan fingerprint density at radius 1 is 1.11 bits per heavy atom. The van der Waals surface area contributed by atoms with Crippen LogP contribution in [0.15, 0.2) is 60.0 Å². The molecule has 2 aromatic heterocycles. The third-order valence-electron chi connectivity index (χ3n) is 6.00. The summed E-state index contributed by atoms with van der Waals surface area (Å²) < 4.78 is 46.7. The Hall–Kier alpha value is -3.57. The third kappa shape index (κ3) is 4.89. The number of aromatic nitrogens is 3. The van der Waals surface area contributed by atoms with Crippen LogP contribution in [-0.4, -0.2) is 48.5 Å². The summed E-state index contributed by atoms with van der Waals surface area (Å²) in [5, 5.41) is 10.5. The Morgan fingerprint density at radius 3 is 2.56 bits per heavy atom. The van der Waals surface area contributed by atoms with Crippen LogP contribution in [0.5, 0.6) is 5.75 Å². The summed E-state index contributed by atoms with van der Waals surface area (Å²) in [7, 11) is -2.07. The van der Waals surface area contributed by atoms with Crippen LogP contribution in [0.2, 0.25) is 0 Å². The number of β-lactam (4-membered cyclic amide) rings is 1. The van der Waals surface area contributed by atoms with Gasteiger partial charge in [0.2, 0.25) is 5.91 Å². The minimum Gasteiger partial charge on any atom is -0.495 e. The fourth-order valence-electron chi connectivity index (χ4n) is 4.03. The highest BCUT2D eigenvalue weighted by molar-refractivity contribution is 7.90. The van der Waals surface area contributed by atoms with Crippen molar-refractivity contribution in [1.29, 1.82) is 0 Å². The lowest BCUT2D eigenvalue weighted by Gasteiger charge is -2.31. The molecule has 2 aromatic carbocycles. The van der Waals surface area contributed by atoms with Crippen LogP contribution in [0, 0.1) is 5.82 Å². The van der Waals surface area contributed by atoms with Gasteiger partial charge in [-0.15, -0.1) is 21.5 Å². The van der Waals surface area contributed by atoms with Gasteiger partial charge < -0.3 is 9.64 Å². The monoisotopic (exact) mass is 526 g/mol. The molecule has 0 atom stereocenters. The number of carbonyl (C=O) groups excluding carboxylic acids is 1. The predicted octanol–water partition coefficient (Wildman–Crippen LogP) is 4.04. The van der Waals surface area contributed by atoms with Crippen LogP contribution >= 0.6 is 11.3 Å². The summed E-state index contributed by atoms with van der Waals surface area (Å²) in [4.78, 5) is 14.5. The summed E-state index contributed by atoms with van der Waals surface area (Å²) in [6.45, 7) is 0.620. The number of halogens is 1. The molecular formula is C25H23FN4O4S2. The molecule has 4 aromatic rings. The number of carbonyl (C=O) groups is 1. The highest BCUT2D eigenvalue weighted by atomic mass is 32.2. The van der Waals surface area contributed by atoms with Crippen LogP contribution in [0.1, 0.15) is 17.8 Å². The fourth-order valence-corrected chi connectivity index (χ4v) is 6.00. The van der Waals surface area contributed by atoms with Crippen molar-refractivity contribution in [2.75, 3.05) is 24.3 Å². The summed E-state index contributed by atoms with van der Waals surface area (Å²) in [6, 6.07) is 14.9. The molecule has 8 nitrogen and oxygen atoms in total. The van der Waals surface area contributed by atoms with E-state index in [1.807, 2.05) is 17.5 Å². The van der Waals surface area contributed by atoms with E-state index in [1.165, 1.54) is 30.6 Å². The molecule has 1 fully saturated rings. The van der Waals surface area contributed by atoms with Crippen LogP contribution < -0.4 is 9.64 Å². The zero-order valence-corrected chi connectivity index (χ0v) is 21.1. The molecule has 11 heteroatoms. The van der Waals surface area contributed by atoms with E-state index < -0.39 is 9.84 Å². The van der Waals surface area contributed by atoms with Crippen molar-refractivity contribution >= 4 is 32.8 Å². The van der Waals surface area contributed by atoms with Gasteiger partial charge >= 0.3 is 0 Å². The van der Waals surface area contributed by atoms with Gasteiger partial charge in [0.25, 0.3) is 0 Å². The summed E-state index contributed by atoms with van der Waals surface area (Å²) in [6.07, 6.45) is 0.746. The molecule has 1 aliphatic heterocycles. The number of hydrogen-bond donors (Lipinski definition) is 0. The molecule has 186 valence electrons. The van der Waals surface area contributed by atoms with E-state index in [0.29, 0.717) is 35.9 Å². The first-order valence-corrected chi connectivity index (χ1v) is 14.0. The minimum atomic E-state index is -3.60. The highest BCUT2D eigenvalue weighted by Gasteiger charge is 2.28. The number of thiophene rings is 1. The summed E-state index contributed by atoms with van der Waals surface area (Å²) in [5.74, 6) is 0.405. The molecule has 1 saturated heterocycles. The maximum absolute atomic E-state index is 13.2. The van der Waals surface area contributed by atoms with E-state index in [1.54, 1.807) is 39.8 Å². The van der Waals surface area contributed by atoms with E-state index in [9.17, 15) is 17.6 Å². The molecular weight excluding hydrogens is 503 g/mol. The molecule has 0 saturated carbocycles. The molecule has 0 aliphatic carbocycles. The lowest BCUT2D eigenvalue weighted by atomic mass is 10.1. The molecule has 0 unspecified atom stereocenters. The molecule has 0 bridgehead atoms. The quantitative estimate of drug-likeness (QED) is 0.306. The maximum atomic E-state index is 13.2. The highest BCUT2D eigenvalue weighted by Crippen LogP contribution is 2.35. The number of anilines is 1. The number of aryl methyl sites for hydroxylation is 1. The number of rotatable bonds is 9. The number of hydrogen-bond acceptors (Lipinski definition) is 7. The van der Waals surface area contributed by atoms with Gasteiger partial charge in [-0.2, -0.15) is 0 Å². The van der Waals surface area contributed by atoms with Gasteiger partial charge in [-0.25, -0.2) is 12.8 Å². The first kappa shape index (κ1) is 24.1.